The van der Waals surface area contributed by atoms with Crippen LogP contribution in [-0.2, 0) is 11.8 Å². The third-order valence-electron chi connectivity index (χ3n) is 3.08. The standard InChI is InChI=1S/C13H12N6O4/c1-6-7(4-14)11(20)16-12(21)9(6)17-18-10-8(13(22)23-3)5-15-19(10)2/h5H,1-3H3,(H2,16,20,21). The Morgan fingerprint density at radius 2 is 2.22 bits per heavy atom. The highest BCUT2D eigenvalue weighted by Crippen LogP contribution is 2.26. The van der Waals surface area contributed by atoms with Gasteiger partial charge in [-0.3, -0.25) is 9.78 Å². The number of rotatable bonds is 3. The molecule has 2 N–H and O–H groups in total. The van der Waals surface area contributed by atoms with Crippen molar-refractivity contribution in [2.75, 3.05) is 7.11 Å². The van der Waals surface area contributed by atoms with E-state index in [4.69, 9.17) is 5.26 Å². The molecule has 0 spiro atoms. The van der Waals surface area contributed by atoms with Crippen LogP contribution in [-0.4, -0.2) is 33.0 Å². The van der Waals surface area contributed by atoms with E-state index in [1.165, 1.54) is 32.0 Å². The molecule has 0 atom stereocenters. The maximum atomic E-state index is 11.9. The topological polar surface area (TPSA) is 146 Å². The summed E-state index contributed by atoms with van der Waals surface area (Å²) in [7, 11) is 2.75. The quantitative estimate of drug-likeness (QED) is 0.642. The molecule has 0 unspecified atom stereocenters. The Kier molecular flexibility index (Phi) is 4.22. The lowest BCUT2D eigenvalue weighted by Crippen LogP contribution is -2.08. The first-order valence-electron chi connectivity index (χ1n) is 6.28. The van der Waals surface area contributed by atoms with Crippen LogP contribution in [0.25, 0.3) is 0 Å². The zero-order valence-corrected chi connectivity index (χ0v) is 12.5. The van der Waals surface area contributed by atoms with Gasteiger partial charge >= 0.3 is 5.97 Å². The summed E-state index contributed by atoms with van der Waals surface area (Å²) < 4.78 is 5.89. The first-order valence-corrected chi connectivity index (χ1v) is 6.28. The summed E-state index contributed by atoms with van der Waals surface area (Å²) in [6.07, 6.45) is 1.26. The maximum absolute atomic E-state index is 11.9. The average molecular weight is 316 g/mol. The van der Waals surface area contributed by atoms with Gasteiger partial charge in [0.1, 0.15) is 17.2 Å². The van der Waals surface area contributed by atoms with E-state index in [0.29, 0.717) is 0 Å². The van der Waals surface area contributed by atoms with Crippen LogP contribution >= 0.6 is 0 Å². The second-order valence-electron chi connectivity index (χ2n) is 4.46. The molecule has 0 saturated carbocycles. The first-order chi connectivity index (χ1) is 10.9. The molecule has 2 heterocycles. The molecule has 0 aromatic carbocycles. The van der Waals surface area contributed by atoms with Crippen LogP contribution in [0.2, 0.25) is 0 Å². The number of aromatic amines is 1. The molecule has 23 heavy (non-hydrogen) atoms. The maximum Gasteiger partial charge on any atom is 0.343 e. The van der Waals surface area contributed by atoms with Crippen molar-refractivity contribution in [2.24, 2.45) is 17.3 Å². The summed E-state index contributed by atoms with van der Waals surface area (Å²) >= 11 is 0. The molecule has 0 radical (unpaired) electrons. The second kappa shape index (κ2) is 6.10. The van der Waals surface area contributed by atoms with Crippen molar-refractivity contribution >= 4 is 17.5 Å². The van der Waals surface area contributed by atoms with Crippen molar-refractivity contribution in [1.29, 1.82) is 5.26 Å². The zero-order chi connectivity index (χ0) is 17.1. The molecular formula is C13H12N6O4. The highest BCUT2D eigenvalue weighted by molar-refractivity contribution is 5.93. The molecule has 2 aromatic rings. The number of methoxy groups -OCH3 is 1. The second-order valence-corrected chi connectivity index (χ2v) is 4.46. The fourth-order valence-corrected chi connectivity index (χ4v) is 1.85. The predicted octanol–water partition coefficient (Wildman–Crippen LogP) is 1.20. The Labute approximate surface area is 129 Å². The third-order valence-corrected chi connectivity index (χ3v) is 3.08. The van der Waals surface area contributed by atoms with Crippen LogP contribution in [0.4, 0.5) is 11.5 Å². The monoisotopic (exact) mass is 316 g/mol. The van der Waals surface area contributed by atoms with Crippen LogP contribution in [0.15, 0.2) is 21.2 Å². The van der Waals surface area contributed by atoms with Gasteiger partial charge in [-0.1, -0.05) is 0 Å². The van der Waals surface area contributed by atoms with Crippen molar-refractivity contribution in [1.82, 2.24) is 14.8 Å². The van der Waals surface area contributed by atoms with E-state index in [0.717, 1.165) is 0 Å². The van der Waals surface area contributed by atoms with Crippen LogP contribution in [0, 0.1) is 18.3 Å². The number of aryl methyl sites for hydroxylation is 1. The van der Waals surface area contributed by atoms with Gasteiger partial charge < -0.3 is 9.84 Å². The smallest absolute Gasteiger partial charge is 0.343 e. The number of aromatic nitrogens is 3. The number of aromatic hydroxyl groups is 1. The van der Waals surface area contributed by atoms with E-state index in [1.807, 2.05) is 0 Å². The molecular weight excluding hydrogens is 304 g/mol. The van der Waals surface area contributed by atoms with Gasteiger partial charge in [0.05, 0.1) is 13.3 Å². The van der Waals surface area contributed by atoms with E-state index in [2.05, 4.69) is 25.0 Å². The van der Waals surface area contributed by atoms with Gasteiger partial charge in [0.15, 0.2) is 11.5 Å². The molecule has 0 fully saturated rings. The zero-order valence-electron chi connectivity index (χ0n) is 12.5. The minimum absolute atomic E-state index is 0.0760. The lowest BCUT2D eigenvalue weighted by molar-refractivity contribution is 0.0601. The Morgan fingerprint density at radius 1 is 1.52 bits per heavy atom. The van der Waals surface area contributed by atoms with Crippen LogP contribution in [0.1, 0.15) is 21.5 Å². The minimum Gasteiger partial charge on any atom is -0.494 e. The van der Waals surface area contributed by atoms with Crippen molar-refractivity contribution < 1.29 is 14.6 Å². The number of H-pyrrole nitrogens is 1. The Hall–Kier alpha value is -3.48. The Morgan fingerprint density at radius 3 is 2.83 bits per heavy atom. The number of hydrogen-bond acceptors (Lipinski definition) is 8. The van der Waals surface area contributed by atoms with Gasteiger partial charge in [-0.05, 0) is 6.92 Å². The summed E-state index contributed by atoms with van der Waals surface area (Å²) in [5, 5.41) is 30.0. The largest absolute Gasteiger partial charge is 0.494 e. The van der Waals surface area contributed by atoms with Gasteiger partial charge in [-0.25, -0.2) is 9.48 Å². The predicted molar refractivity (Wildman–Crippen MR) is 76.9 cm³/mol. The van der Waals surface area contributed by atoms with Crippen molar-refractivity contribution in [3.05, 3.63) is 33.2 Å². The molecule has 0 bridgehead atoms. The summed E-state index contributed by atoms with van der Waals surface area (Å²) in [5.74, 6) is -1.10. The van der Waals surface area contributed by atoms with E-state index in [-0.39, 0.29) is 28.2 Å². The lowest BCUT2D eigenvalue weighted by Gasteiger charge is -2.03. The molecule has 10 nitrogen and oxygen atoms in total. The van der Waals surface area contributed by atoms with Gasteiger partial charge in [0.2, 0.25) is 5.88 Å². The Bertz CT molecular complexity index is 902. The number of azo groups is 1. The van der Waals surface area contributed by atoms with Gasteiger partial charge in [-0.2, -0.15) is 10.4 Å². The van der Waals surface area contributed by atoms with Gasteiger partial charge in [0, 0.05) is 12.6 Å². The number of pyridine rings is 1. The highest BCUT2D eigenvalue weighted by Gasteiger charge is 2.18. The number of nitriles is 1. The molecule has 10 heteroatoms. The van der Waals surface area contributed by atoms with Crippen molar-refractivity contribution in [2.45, 2.75) is 6.92 Å². The van der Waals surface area contributed by atoms with E-state index in [9.17, 15) is 14.7 Å². The number of carbonyl (C=O) groups is 1. The number of esters is 1. The molecule has 118 valence electrons. The van der Waals surface area contributed by atoms with Gasteiger partial charge in [-0.15, -0.1) is 10.2 Å². The molecule has 2 rings (SSSR count). The summed E-state index contributed by atoms with van der Waals surface area (Å²) in [6.45, 7) is 1.45. The summed E-state index contributed by atoms with van der Waals surface area (Å²) in [6, 6.07) is 1.76. The average Bonchev–Trinajstić information content (AvgIpc) is 2.87. The number of ether oxygens (including phenoxy) is 1. The van der Waals surface area contributed by atoms with E-state index >= 15 is 0 Å². The SMILES string of the molecule is COC(=O)c1cnn(C)c1N=Nc1c(C)c(C#N)c(O)[nH]c1=O. The Balaban J connectivity index is 2.55. The minimum atomic E-state index is -0.718. The first kappa shape index (κ1) is 15.9. The number of nitrogens with zero attached hydrogens (tertiary/aromatic N) is 5. The van der Waals surface area contributed by atoms with Gasteiger partial charge in [0.25, 0.3) is 5.56 Å². The summed E-state index contributed by atoms with van der Waals surface area (Å²) in [5.41, 5.74) is -0.746. The fraction of sp³-hybridized carbons (Fsp3) is 0.231. The number of hydrogen-bond donors (Lipinski definition) is 2. The van der Waals surface area contributed by atoms with Crippen LogP contribution < -0.4 is 5.56 Å². The number of carbonyl (C=O) groups excluding carboxylic acids is 1. The fourth-order valence-electron chi connectivity index (χ4n) is 1.85. The molecule has 0 amide bonds. The molecule has 2 aromatic heterocycles. The van der Waals surface area contributed by atoms with Crippen molar-refractivity contribution in [3.63, 3.8) is 0 Å². The summed E-state index contributed by atoms with van der Waals surface area (Å²) in [4.78, 5) is 25.6. The van der Waals surface area contributed by atoms with E-state index < -0.39 is 17.4 Å². The third kappa shape index (κ3) is 2.80. The molecule has 0 aliphatic heterocycles. The normalized spacial score (nSPS) is 10.7. The molecule has 0 aliphatic rings. The van der Waals surface area contributed by atoms with Crippen LogP contribution in [0.5, 0.6) is 5.88 Å². The van der Waals surface area contributed by atoms with E-state index in [1.54, 1.807) is 6.07 Å². The lowest BCUT2D eigenvalue weighted by atomic mass is 10.1. The molecule has 0 saturated heterocycles. The highest BCUT2D eigenvalue weighted by atomic mass is 16.5. The number of nitrogens with one attached hydrogen (secondary N) is 1. The van der Waals surface area contributed by atoms with Crippen LogP contribution in [0.3, 0.4) is 0 Å². The van der Waals surface area contributed by atoms with Crippen molar-refractivity contribution in [3.8, 4) is 11.9 Å². The molecule has 0 aliphatic carbocycles.